The Morgan fingerprint density at radius 3 is 2.94 bits per heavy atom. The van der Waals surface area contributed by atoms with Gasteiger partial charge in [-0.25, -0.2) is 0 Å². The predicted molar refractivity (Wildman–Crippen MR) is 73.5 cm³/mol. The minimum atomic E-state index is 0.128. The van der Waals surface area contributed by atoms with Crippen LogP contribution in [0.5, 0.6) is 0 Å². The molecular formula is C14H23N3O. The molecule has 2 heterocycles. The van der Waals surface area contributed by atoms with Crippen LogP contribution in [0.2, 0.25) is 0 Å². The lowest BCUT2D eigenvalue weighted by atomic mass is 10.1. The number of hydrogen-bond acceptors (Lipinski definition) is 2. The topological polar surface area (TPSA) is 51.3 Å². The van der Waals surface area contributed by atoms with Gasteiger partial charge >= 0.3 is 0 Å². The summed E-state index contributed by atoms with van der Waals surface area (Å²) >= 11 is 0. The van der Waals surface area contributed by atoms with Crippen molar-refractivity contribution in [1.82, 2.24) is 9.47 Å². The van der Waals surface area contributed by atoms with Gasteiger partial charge in [0.05, 0.1) is 5.69 Å². The van der Waals surface area contributed by atoms with Crippen LogP contribution in [0.4, 0.5) is 5.69 Å². The summed E-state index contributed by atoms with van der Waals surface area (Å²) in [6, 6.07) is 2.13. The second kappa shape index (κ2) is 5.46. The Balaban J connectivity index is 2.23. The fourth-order valence-corrected chi connectivity index (χ4v) is 2.70. The molecule has 4 nitrogen and oxygen atoms in total. The zero-order chi connectivity index (χ0) is 13.1. The lowest BCUT2D eigenvalue weighted by molar-refractivity contribution is 0.0687. The van der Waals surface area contributed by atoms with Gasteiger partial charge in [-0.05, 0) is 32.8 Å². The van der Waals surface area contributed by atoms with Crippen LogP contribution in [0.25, 0.3) is 0 Å². The van der Waals surface area contributed by atoms with Crippen molar-refractivity contribution in [3.8, 4) is 0 Å². The highest BCUT2D eigenvalue weighted by atomic mass is 16.2. The molecule has 0 aromatic carbocycles. The number of likely N-dealkylation sites (tertiary alicyclic amines) is 1. The molecule has 18 heavy (non-hydrogen) atoms. The van der Waals surface area contributed by atoms with Gasteiger partial charge < -0.3 is 15.2 Å². The number of carbonyl (C=O) groups is 1. The maximum absolute atomic E-state index is 12.6. The Labute approximate surface area is 109 Å². The molecule has 0 saturated carbocycles. The summed E-state index contributed by atoms with van der Waals surface area (Å²) < 4.78 is 1.94. The van der Waals surface area contributed by atoms with Gasteiger partial charge in [0, 0.05) is 25.3 Å². The van der Waals surface area contributed by atoms with Gasteiger partial charge in [-0.2, -0.15) is 0 Å². The van der Waals surface area contributed by atoms with Crippen LogP contribution in [-0.2, 0) is 6.54 Å². The molecule has 4 heteroatoms. The highest BCUT2D eigenvalue weighted by Gasteiger charge is 2.25. The largest absolute Gasteiger partial charge is 0.397 e. The summed E-state index contributed by atoms with van der Waals surface area (Å²) in [6.07, 6.45) is 6.51. The van der Waals surface area contributed by atoms with E-state index in [1.54, 1.807) is 6.07 Å². The second-order valence-corrected chi connectivity index (χ2v) is 5.14. The summed E-state index contributed by atoms with van der Waals surface area (Å²) in [5.74, 6) is 0.128. The molecule has 2 N–H and O–H groups in total. The van der Waals surface area contributed by atoms with Gasteiger partial charge in [0.1, 0.15) is 5.69 Å². The average molecular weight is 249 g/mol. The minimum Gasteiger partial charge on any atom is -0.397 e. The van der Waals surface area contributed by atoms with E-state index < -0.39 is 0 Å². The van der Waals surface area contributed by atoms with E-state index in [2.05, 4.69) is 6.92 Å². The van der Waals surface area contributed by atoms with Crippen LogP contribution in [0.3, 0.4) is 0 Å². The summed E-state index contributed by atoms with van der Waals surface area (Å²) in [7, 11) is 0. The number of carbonyl (C=O) groups excluding carboxylic acids is 1. The minimum absolute atomic E-state index is 0.128. The van der Waals surface area contributed by atoms with Crippen molar-refractivity contribution in [3.63, 3.8) is 0 Å². The maximum Gasteiger partial charge on any atom is 0.270 e. The predicted octanol–water partition coefficient (Wildman–Crippen LogP) is 2.49. The first-order valence-corrected chi connectivity index (χ1v) is 6.90. The number of anilines is 1. The van der Waals surface area contributed by atoms with Crippen molar-refractivity contribution in [1.29, 1.82) is 0 Å². The second-order valence-electron chi connectivity index (χ2n) is 5.14. The van der Waals surface area contributed by atoms with Gasteiger partial charge in [-0.3, -0.25) is 4.79 Å². The van der Waals surface area contributed by atoms with Crippen molar-refractivity contribution < 1.29 is 4.79 Å². The van der Waals surface area contributed by atoms with E-state index in [0.717, 1.165) is 31.6 Å². The summed E-state index contributed by atoms with van der Waals surface area (Å²) in [5, 5.41) is 0. The van der Waals surface area contributed by atoms with Crippen molar-refractivity contribution in [2.24, 2.45) is 0 Å². The number of aromatic nitrogens is 1. The maximum atomic E-state index is 12.6. The summed E-state index contributed by atoms with van der Waals surface area (Å²) in [5.41, 5.74) is 7.19. The molecule has 0 radical (unpaired) electrons. The summed E-state index contributed by atoms with van der Waals surface area (Å²) in [4.78, 5) is 14.6. The quantitative estimate of drug-likeness (QED) is 0.875. The van der Waals surface area contributed by atoms with Crippen molar-refractivity contribution in [2.75, 3.05) is 12.3 Å². The SMILES string of the molecule is CCn1cc(N)cc1C(=O)N1CCCCCC1C. The molecule has 1 aromatic heterocycles. The first kappa shape index (κ1) is 13.0. The number of nitrogens with two attached hydrogens (primary N) is 1. The molecule has 1 aromatic rings. The molecule has 1 aliphatic heterocycles. The highest BCUT2D eigenvalue weighted by molar-refractivity contribution is 5.94. The van der Waals surface area contributed by atoms with E-state index in [4.69, 9.17) is 5.73 Å². The van der Waals surface area contributed by atoms with Crippen LogP contribution in [-0.4, -0.2) is 28.0 Å². The van der Waals surface area contributed by atoms with Crippen LogP contribution < -0.4 is 5.73 Å². The third-order valence-electron chi connectivity index (χ3n) is 3.79. The Kier molecular flexibility index (Phi) is 3.94. The van der Waals surface area contributed by atoms with Gasteiger partial charge in [0.2, 0.25) is 0 Å². The van der Waals surface area contributed by atoms with Gasteiger partial charge in [-0.15, -0.1) is 0 Å². The zero-order valence-electron chi connectivity index (χ0n) is 11.4. The third-order valence-corrected chi connectivity index (χ3v) is 3.79. The van der Waals surface area contributed by atoms with Crippen LogP contribution >= 0.6 is 0 Å². The number of nitrogen functional groups attached to an aromatic ring is 1. The highest BCUT2D eigenvalue weighted by Crippen LogP contribution is 2.20. The standard InChI is InChI=1S/C14H23N3O/c1-3-16-10-12(15)9-13(16)14(18)17-8-6-4-5-7-11(17)2/h9-11H,3-8,15H2,1-2H3. The number of aryl methyl sites for hydroxylation is 1. The van der Waals surface area contributed by atoms with Crippen molar-refractivity contribution >= 4 is 11.6 Å². The van der Waals surface area contributed by atoms with Crippen molar-refractivity contribution in [2.45, 2.75) is 52.1 Å². The normalized spacial score (nSPS) is 20.8. The molecule has 1 fully saturated rings. The van der Waals surface area contributed by atoms with E-state index in [1.165, 1.54) is 12.8 Å². The first-order chi connectivity index (χ1) is 8.63. The average Bonchev–Trinajstić information content (AvgIpc) is 2.60. The third kappa shape index (κ3) is 2.52. The van der Waals surface area contributed by atoms with Gasteiger partial charge in [-0.1, -0.05) is 12.8 Å². The summed E-state index contributed by atoms with van der Waals surface area (Å²) in [6.45, 7) is 5.82. The Bertz CT molecular complexity index is 425. The van der Waals surface area contributed by atoms with E-state index in [0.29, 0.717) is 11.7 Å². The first-order valence-electron chi connectivity index (χ1n) is 6.90. The number of rotatable bonds is 2. The van der Waals surface area contributed by atoms with Crippen LogP contribution in [0.1, 0.15) is 50.0 Å². The molecule has 0 aliphatic carbocycles. The molecular weight excluding hydrogens is 226 g/mol. The molecule has 1 atom stereocenters. The molecule has 1 aliphatic rings. The van der Waals surface area contributed by atoms with E-state index in [-0.39, 0.29) is 5.91 Å². The lowest BCUT2D eigenvalue weighted by Crippen LogP contribution is -2.39. The van der Waals surface area contributed by atoms with Crippen LogP contribution in [0.15, 0.2) is 12.3 Å². The number of nitrogens with zero attached hydrogens (tertiary/aromatic N) is 2. The Hall–Kier alpha value is -1.45. The monoisotopic (exact) mass is 249 g/mol. The van der Waals surface area contributed by atoms with Crippen molar-refractivity contribution in [3.05, 3.63) is 18.0 Å². The number of hydrogen-bond donors (Lipinski definition) is 1. The van der Waals surface area contributed by atoms with Gasteiger partial charge in [0.15, 0.2) is 0 Å². The zero-order valence-corrected chi connectivity index (χ0v) is 11.4. The fraction of sp³-hybridized carbons (Fsp3) is 0.643. The Morgan fingerprint density at radius 2 is 2.22 bits per heavy atom. The van der Waals surface area contributed by atoms with E-state index in [9.17, 15) is 4.79 Å². The molecule has 1 amide bonds. The number of amides is 1. The van der Waals surface area contributed by atoms with E-state index >= 15 is 0 Å². The van der Waals surface area contributed by atoms with Crippen LogP contribution in [0, 0.1) is 0 Å². The molecule has 1 saturated heterocycles. The van der Waals surface area contributed by atoms with Gasteiger partial charge in [0.25, 0.3) is 5.91 Å². The molecule has 2 rings (SSSR count). The molecule has 0 spiro atoms. The fourth-order valence-electron chi connectivity index (χ4n) is 2.70. The van der Waals surface area contributed by atoms with E-state index in [1.807, 2.05) is 22.6 Å². The lowest BCUT2D eigenvalue weighted by Gasteiger charge is -2.27. The Morgan fingerprint density at radius 1 is 1.44 bits per heavy atom. The smallest absolute Gasteiger partial charge is 0.270 e. The molecule has 100 valence electrons. The molecule has 0 bridgehead atoms. The molecule has 1 unspecified atom stereocenters.